The van der Waals surface area contributed by atoms with Gasteiger partial charge in [-0.05, 0) is 56.3 Å². The molecule has 2 unspecified atom stereocenters. The molecule has 134 valence electrons. The summed E-state index contributed by atoms with van der Waals surface area (Å²) >= 11 is 5.95. The fraction of sp³-hybridized carbons (Fsp3) is 0.211. The van der Waals surface area contributed by atoms with Gasteiger partial charge in [0.05, 0.1) is 22.9 Å². The van der Waals surface area contributed by atoms with Gasteiger partial charge in [0, 0.05) is 5.02 Å². The molecular weight excluding hydrogens is 356 g/mol. The third-order valence-electron chi connectivity index (χ3n) is 3.74. The van der Waals surface area contributed by atoms with Gasteiger partial charge >= 0.3 is 5.97 Å². The number of aliphatic carboxylic acids is 1. The number of hydrogen-bond acceptors (Lipinski definition) is 5. The van der Waals surface area contributed by atoms with Crippen molar-refractivity contribution in [2.75, 3.05) is 0 Å². The van der Waals surface area contributed by atoms with Crippen LogP contribution in [0.25, 0.3) is 11.0 Å². The van der Waals surface area contributed by atoms with Gasteiger partial charge in [0.1, 0.15) is 17.6 Å². The molecule has 2 atom stereocenters. The first-order chi connectivity index (χ1) is 12.4. The van der Waals surface area contributed by atoms with Crippen molar-refractivity contribution in [2.45, 2.75) is 26.1 Å². The van der Waals surface area contributed by atoms with E-state index >= 15 is 0 Å². The predicted molar refractivity (Wildman–Crippen MR) is 97.8 cm³/mol. The highest BCUT2D eigenvalue weighted by molar-refractivity contribution is 6.31. The van der Waals surface area contributed by atoms with E-state index in [9.17, 15) is 4.79 Å². The first-order valence-corrected chi connectivity index (χ1v) is 8.38. The Balaban J connectivity index is 1.70. The summed E-state index contributed by atoms with van der Waals surface area (Å²) in [5.41, 5.74) is 2.16. The molecule has 3 rings (SSSR count). The van der Waals surface area contributed by atoms with E-state index in [2.05, 4.69) is 9.97 Å². The van der Waals surface area contributed by atoms with Gasteiger partial charge in [-0.15, -0.1) is 0 Å². The lowest BCUT2D eigenvalue weighted by atomic mass is 10.2. The predicted octanol–water partition coefficient (Wildman–Crippen LogP) is 4.28. The van der Waals surface area contributed by atoms with Crippen LogP contribution in [0.1, 0.15) is 25.6 Å². The number of fused-ring (bicyclic) bond motifs is 1. The molecule has 0 spiro atoms. The minimum atomic E-state index is -1.02. The molecule has 0 amide bonds. The minimum Gasteiger partial charge on any atom is -0.484 e. The third kappa shape index (κ3) is 4.21. The van der Waals surface area contributed by atoms with Crippen molar-refractivity contribution < 1.29 is 19.4 Å². The van der Waals surface area contributed by atoms with Gasteiger partial charge in [-0.3, -0.25) is 4.98 Å². The Morgan fingerprint density at radius 1 is 1.04 bits per heavy atom. The lowest BCUT2D eigenvalue weighted by Crippen LogP contribution is -2.22. The van der Waals surface area contributed by atoms with Crippen molar-refractivity contribution in [3.63, 3.8) is 0 Å². The molecule has 7 heteroatoms. The first-order valence-electron chi connectivity index (χ1n) is 8.01. The van der Waals surface area contributed by atoms with Crippen LogP contribution in [-0.4, -0.2) is 27.1 Å². The quantitative estimate of drug-likeness (QED) is 0.695. The number of rotatable bonds is 6. The molecule has 1 heterocycles. The van der Waals surface area contributed by atoms with E-state index in [0.717, 1.165) is 11.0 Å². The Bertz CT molecular complexity index is 930. The maximum atomic E-state index is 10.8. The fourth-order valence-corrected chi connectivity index (χ4v) is 2.48. The zero-order valence-electron chi connectivity index (χ0n) is 14.2. The van der Waals surface area contributed by atoms with E-state index in [1.807, 2.05) is 13.0 Å². The van der Waals surface area contributed by atoms with Crippen molar-refractivity contribution in [1.29, 1.82) is 0 Å². The second kappa shape index (κ2) is 7.58. The summed E-state index contributed by atoms with van der Waals surface area (Å²) in [5, 5.41) is 9.48. The number of nitrogens with zero attached hydrogens (tertiary/aromatic N) is 2. The van der Waals surface area contributed by atoms with Gasteiger partial charge in [-0.1, -0.05) is 11.6 Å². The van der Waals surface area contributed by atoms with Crippen LogP contribution >= 0.6 is 11.6 Å². The van der Waals surface area contributed by atoms with Crippen molar-refractivity contribution in [3.8, 4) is 11.5 Å². The van der Waals surface area contributed by atoms with E-state index < -0.39 is 12.1 Å². The van der Waals surface area contributed by atoms with Crippen molar-refractivity contribution >= 4 is 28.6 Å². The summed E-state index contributed by atoms with van der Waals surface area (Å²) in [6, 6.07) is 12.1. The van der Waals surface area contributed by atoms with E-state index in [1.165, 1.54) is 6.92 Å². The van der Waals surface area contributed by atoms with Crippen LogP contribution in [0, 0.1) is 0 Å². The van der Waals surface area contributed by atoms with Crippen LogP contribution < -0.4 is 9.47 Å². The Kier molecular flexibility index (Phi) is 5.23. The number of ether oxygens (including phenoxy) is 2. The van der Waals surface area contributed by atoms with Crippen LogP contribution in [0.5, 0.6) is 11.5 Å². The number of carboxylic acids is 1. The molecule has 0 bridgehead atoms. The first kappa shape index (κ1) is 17.9. The highest BCUT2D eigenvalue weighted by Gasteiger charge is 2.13. The Morgan fingerprint density at radius 3 is 2.35 bits per heavy atom. The highest BCUT2D eigenvalue weighted by atomic mass is 35.5. The number of carboxylic acid groups (broad SMARTS) is 1. The Labute approximate surface area is 155 Å². The van der Waals surface area contributed by atoms with E-state index in [4.69, 9.17) is 26.2 Å². The van der Waals surface area contributed by atoms with E-state index in [1.54, 1.807) is 42.6 Å². The lowest BCUT2D eigenvalue weighted by Gasteiger charge is -2.15. The molecule has 0 aliphatic carbocycles. The molecule has 26 heavy (non-hydrogen) atoms. The second-order valence-electron chi connectivity index (χ2n) is 5.76. The molecule has 6 nitrogen and oxygen atoms in total. The average molecular weight is 373 g/mol. The molecule has 0 saturated heterocycles. The van der Waals surface area contributed by atoms with Gasteiger partial charge in [0.25, 0.3) is 0 Å². The smallest absolute Gasteiger partial charge is 0.344 e. The molecule has 1 N–H and O–H groups in total. The van der Waals surface area contributed by atoms with Gasteiger partial charge in [-0.2, -0.15) is 0 Å². The maximum Gasteiger partial charge on any atom is 0.344 e. The molecule has 0 radical (unpaired) electrons. The zero-order chi connectivity index (χ0) is 18.7. The lowest BCUT2D eigenvalue weighted by molar-refractivity contribution is -0.144. The Hall–Kier alpha value is -2.86. The summed E-state index contributed by atoms with van der Waals surface area (Å²) in [6.45, 7) is 3.35. The van der Waals surface area contributed by atoms with Crippen molar-refractivity contribution in [3.05, 3.63) is 59.4 Å². The van der Waals surface area contributed by atoms with Gasteiger partial charge in [0.15, 0.2) is 6.10 Å². The molecule has 0 saturated carbocycles. The average Bonchev–Trinajstić information content (AvgIpc) is 2.62. The highest BCUT2D eigenvalue weighted by Crippen LogP contribution is 2.25. The molecular formula is C19H17ClN2O4. The summed E-state index contributed by atoms with van der Waals surface area (Å²) in [5.74, 6) is 0.0585. The van der Waals surface area contributed by atoms with Gasteiger partial charge in [0.2, 0.25) is 0 Å². The number of aromatic nitrogens is 2. The van der Waals surface area contributed by atoms with Crippen molar-refractivity contribution in [1.82, 2.24) is 9.97 Å². The molecule has 1 aromatic heterocycles. The van der Waals surface area contributed by atoms with Crippen LogP contribution in [0.15, 0.2) is 48.7 Å². The summed E-state index contributed by atoms with van der Waals surface area (Å²) < 4.78 is 11.2. The molecule has 0 aliphatic rings. The zero-order valence-corrected chi connectivity index (χ0v) is 15.0. The second-order valence-corrected chi connectivity index (χ2v) is 6.19. The third-order valence-corrected chi connectivity index (χ3v) is 3.97. The maximum absolute atomic E-state index is 10.8. The van der Waals surface area contributed by atoms with Gasteiger partial charge < -0.3 is 14.6 Å². The Morgan fingerprint density at radius 2 is 1.69 bits per heavy atom. The van der Waals surface area contributed by atoms with E-state index in [0.29, 0.717) is 22.2 Å². The van der Waals surface area contributed by atoms with Crippen LogP contribution in [0.3, 0.4) is 0 Å². The summed E-state index contributed by atoms with van der Waals surface area (Å²) in [7, 11) is 0. The standard InChI is InChI=1S/C19H17ClN2O4/c1-11(18-10-21-17-9-13(20)3-8-16(17)22-18)25-14-4-6-15(7-5-14)26-12(2)19(23)24/h3-12H,1-2H3,(H,23,24). The molecule has 3 aromatic rings. The summed E-state index contributed by atoms with van der Waals surface area (Å²) in [6.07, 6.45) is 0.435. The molecule has 0 aliphatic heterocycles. The fourth-order valence-electron chi connectivity index (χ4n) is 2.31. The van der Waals surface area contributed by atoms with Crippen LogP contribution in [-0.2, 0) is 4.79 Å². The monoisotopic (exact) mass is 372 g/mol. The number of carbonyl (C=O) groups is 1. The SMILES string of the molecule is CC(Oc1ccc(OC(C)c2cnc3cc(Cl)ccc3n2)cc1)C(=O)O. The van der Waals surface area contributed by atoms with Gasteiger partial charge in [-0.25, -0.2) is 9.78 Å². The minimum absolute atomic E-state index is 0.313. The van der Waals surface area contributed by atoms with E-state index in [-0.39, 0.29) is 6.10 Å². The summed E-state index contributed by atoms with van der Waals surface area (Å²) in [4.78, 5) is 19.7. The molecule has 2 aromatic carbocycles. The number of halogens is 1. The molecule has 0 fully saturated rings. The van der Waals surface area contributed by atoms with Crippen LogP contribution in [0.4, 0.5) is 0 Å². The number of hydrogen-bond donors (Lipinski definition) is 1. The normalized spacial score (nSPS) is 13.2. The number of benzene rings is 2. The van der Waals surface area contributed by atoms with Crippen molar-refractivity contribution in [2.24, 2.45) is 0 Å². The van der Waals surface area contributed by atoms with Crippen LogP contribution in [0.2, 0.25) is 5.02 Å². The largest absolute Gasteiger partial charge is 0.484 e. The topological polar surface area (TPSA) is 81.5 Å².